The van der Waals surface area contributed by atoms with Crippen molar-refractivity contribution in [2.75, 3.05) is 20.1 Å². The first-order valence-corrected chi connectivity index (χ1v) is 6.64. The van der Waals surface area contributed by atoms with Crippen LogP contribution in [0.5, 0.6) is 0 Å². The molecule has 0 aliphatic carbocycles. The molecule has 0 aromatic carbocycles. The highest BCUT2D eigenvalue weighted by molar-refractivity contribution is 9.11. The number of hydrogen-bond donors (Lipinski definition) is 3. The zero-order valence-corrected chi connectivity index (χ0v) is 13.0. The molecule has 1 aromatic rings. The first-order valence-electron chi connectivity index (χ1n) is 5.84. The van der Waals surface area contributed by atoms with Crippen LogP contribution in [-0.2, 0) is 12.6 Å². The van der Waals surface area contributed by atoms with Gasteiger partial charge in [-0.3, -0.25) is 9.67 Å². The molecule has 0 aliphatic rings. The quantitative estimate of drug-likeness (QED) is 0.549. The first kappa shape index (κ1) is 15.7. The second kappa shape index (κ2) is 6.72. The van der Waals surface area contributed by atoms with Gasteiger partial charge in [-0.15, -0.1) is 0 Å². The largest absolute Gasteiger partial charge is 0.383 e. The van der Waals surface area contributed by atoms with E-state index in [9.17, 15) is 5.11 Å². The summed E-state index contributed by atoms with van der Waals surface area (Å²) in [4.78, 5) is 4.06. The van der Waals surface area contributed by atoms with Crippen molar-refractivity contribution < 1.29 is 5.11 Å². The number of hydrogen-bond acceptors (Lipinski definition) is 3. The third kappa shape index (κ3) is 5.04. The average Bonchev–Trinajstić information content (AvgIpc) is 2.76. The van der Waals surface area contributed by atoms with Crippen LogP contribution in [0.3, 0.4) is 0 Å². The lowest BCUT2D eigenvalue weighted by Gasteiger charge is -2.23. The van der Waals surface area contributed by atoms with Crippen LogP contribution in [0.2, 0.25) is 0 Å². The minimum absolute atomic E-state index is 0.327. The summed E-state index contributed by atoms with van der Waals surface area (Å²) in [5.74, 6) is 0.602. The summed E-state index contributed by atoms with van der Waals surface area (Å²) in [6.45, 7) is 6.35. The number of aryl methyl sites for hydroxylation is 1. The number of aliphatic imine (C=N–C) groups is 1. The number of guanidine groups is 1. The number of rotatable bonds is 5. The molecule has 1 heterocycles. The number of nitrogens with zero attached hydrogens (tertiary/aromatic N) is 3. The Morgan fingerprint density at radius 2 is 2.32 bits per heavy atom. The van der Waals surface area contributed by atoms with Crippen LogP contribution in [0.25, 0.3) is 0 Å². The second-order valence-electron chi connectivity index (χ2n) is 4.47. The molecule has 106 valence electrons. The van der Waals surface area contributed by atoms with Crippen molar-refractivity contribution in [3.8, 4) is 0 Å². The predicted octanol–water partition coefficient (Wildman–Crippen LogP) is 0.701. The third-order valence-corrected chi connectivity index (χ3v) is 2.88. The summed E-state index contributed by atoms with van der Waals surface area (Å²) in [7, 11) is 3.49. The lowest BCUT2D eigenvalue weighted by atomic mass is 10.00. The fourth-order valence-corrected chi connectivity index (χ4v) is 1.60. The zero-order valence-electron chi connectivity index (χ0n) is 11.4. The van der Waals surface area contributed by atoms with Gasteiger partial charge >= 0.3 is 0 Å². The molecule has 0 bridgehead atoms. The van der Waals surface area contributed by atoms with Crippen molar-refractivity contribution in [3.63, 3.8) is 0 Å². The van der Waals surface area contributed by atoms with Gasteiger partial charge in [-0.1, -0.05) is 22.5 Å². The molecule has 6 nitrogen and oxygen atoms in total. The number of halogens is 1. The van der Waals surface area contributed by atoms with Crippen molar-refractivity contribution in [3.05, 3.63) is 29.0 Å². The van der Waals surface area contributed by atoms with Gasteiger partial charge in [0, 0.05) is 36.9 Å². The fourth-order valence-electron chi connectivity index (χ4n) is 1.46. The van der Waals surface area contributed by atoms with Gasteiger partial charge in [0.2, 0.25) is 0 Å². The first-order chi connectivity index (χ1) is 8.85. The van der Waals surface area contributed by atoms with Crippen LogP contribution in [0, 0.1) is 0 Å². The zero-order chi connectivity index (χ0) is 14.5. The highest BCUT2D eigenvalue weighted by Gasteiger charge is 2.24. The minimum atomic E-state index is -1.02. The maximum absolute atomic E-state index is 10.4. The van der Waals surface area contributed by atoms with E-state index < -0.39 is 5.60 Å². The third-order valence-electron chi connectivity index (χ3n) is 2.60. The summed E-state index contributed by atoms with van der Waals surface area (Å²) in [5, 5.41) is 20.6. The van der Waals surface area contributed by atoms with Crippen molar-refractivity contribution in [1.29, 1.82) is 0 Å². The second-order valence-corrected chi connectivity index (χ2v) is 5.59. The summed E-state index contributed by atoms with van der Waals surface area (Å²) in [6, 6.07) is 0. The van der Waals surface area contributed by atoms with E-state index in [-0.39, 0.29) is 0 Å². The normalized spacial score (nSPS) is 14.9. The Morgan fingerprint density at radius 1 is 1.63 bits per heavy atom. The Morgan fingerprint density at radius 3 is 2.79 bits per heavy atom. The van der Waals surface area contributed by atoms with Gasteiger partial charge < -0.3 is 15.7 Å². The summed E-state index contributed by atoms with van der Waals surface area (Å²) in [5.41, 5.74) is -0.264. The SMILES string of the molecule is C=C(Br)CNC(=NC)NCC(C)(O)c1cnn(C)c1. The van der Waals surface area contributed by atoms with Crippen molar-refractivity contribution >= 4 is 21.9 Å². The Balaban J connectivity index is 2.56. The van der Waals surface area contributed by atoms with E-state index in [1.54, 1.807) is 31.0 Å². The van der Waals surface area contributed by atoms with Crippen molar-refractivity contribution in [2.45, 2.75) is 12.5 Å². The predicted molar refractivity (Wildman–Crippen MR) is 80.2 cm³/mol. The molecule has 1 rings (SSSR count). The summed E-state index contributed by atoms with van der Waals surface area (Å²) < 4.78 is 2.49. The molecular formula is C12H20BrN5O. The van der Waals surface area contributed by atoms with Gasteiger partial charge in [0.05, 0.1) is 12.7 Å². The van der Waals surface area contributed by atoms with Gasteiger partial charge in [0.15, 0.2) is 5.96 Å². The molecule has 0 aliphatic heterocycles. The van der Waals surface area contributed by atoms with Gasteiger partial charge in [0.25, 0.3) is 0 Å². The molecule has 19 heavy (non-hydrogen) atoms. The molecule has 1 atom stereocenters. The van der Waals surface area contributed by atoms with E-state index >= 15 is 0 Å². The van der Waals surface area contributed by atoms with Crippen LogP contribution >= 0.6 is 15.9 Å². The topological polar surface area (TPSA) is 74.5 Å². The Hall–Kier alpha value is -1.34. The van der Waals surface area contributed by atoms with Crippen LogP contribution in [-0.4, -0.2) is 41.0 Å². The van der Waals surface area contributed by atoms with E-state index in [0.717, 1.165) is 10.0 Å². The van der Waals surface area contributed by atoms with Gasteiger partial charge in [-0.2, -0.15) is 5.10 Å². The van der Waals surface area contributed by atoms with Crippen LogP contribution in [0.1, 0.15) is 12.5 Å². The molecule has 0 amide bonds. The van der Waals surface area contributed by atoms with Crippen molar-refractivity contribution in [1.82, 2.24) is 20.4 Å². The number of nitrogens with one attached hydrogen (secondary N) is 2. The van der Waals surface area contributed by atoms with E-state index in [1.807, 2.05) is 7.05 Å². The highest BCUT2D eigenvalue weighted by Crippen LogP contribution is 2.18. The lowest BCUT2D eigenvalue weighted by Crippen LogP contribution is -2.44. The van der Waals surface area contributed by atoms with E-state index in [1.165, 1.54) is 0 Å². The maximum Gasteiger partial charge on any atom is 0.191 e. The van der Waals surface area contributed by atoms with Gasteiger partial charge in [-0.25, -0.2) is 0 Å². The Bertz CT molecular complexity index is 466. The monoisotopic (exact) mass is 329 g/mol. The van der Waals surface area contributed by atoms with Crippen LogP contribution < -0.4 is 10.6 Å². The molecule has 0 spiro atoms. The van der Waals surface area contributed by atoms with Gasteiger partial charge in [0.1, 0.15) is 5.60 Å². The smallest absolute Gasteiger partial charge is 0.191 e. The molecule has 7 heteroatoms. The lowest BCUT2D eigenvalue weighted by molar-refractivity contribution is 0.0616. The van der Waals surface area contributed by atoms with Gasteiger partial charge in [-0.05, 0) is 6.92 Å². The molecule has 0 radical (unpaired) electrons. The van der Waals surface area contributed by atoms with E-state index in [2.05, 4.69) is 43.2 Å². The maximum atomic E-state index is 10.4. The standard InChI is InChI=1S/C12H20BrN5O/c1-9(13)5-15-11(14-3)16-8-12(2,19)10-6-17-18(4)7-10/h6-7,19H,1,5,8H2,2-4H3,(H2,14,15,16). The molecule has 0 saturated heterocycles. The molecule has 1 unspecified atom stereocenters. The highest BCUT2D eigenvalue weighted by atomic mass is 79.9. The molecular weight excluding hydrogens is 310 g/mol. The number of aromatic nitrogens is 2. The Kier molecular flexibility index (Phi) is 5.56. The number of aliphatic hydroxyl groups is 1. The molecule has 0 saturated carbocycles. The molecule has 3 N–H and O–H groups in total. The van der Waals surface area contributed by atoms with E-state index in [4.69, 9.17) is 0 Å². The van der Waals surface area contributed by atoms with Crippen LogP contribution in [0.15, 0.2) is 28.4 Å². The minimum Gasteiger partial charge on any atom is -0.383 e. The molecule has 0 fully saturated rings. The summed E-state index contributed by atoms with van der Waals surface area (Å²) in [6.07, 6.45) is 3.44. The Labute approximate surface area is 121 Å². The fraction of sp³-hybridized carbons (Fsp3) is 0.500. The summed E-state index contributed by atoms with van der Waals surface area (Å²) >= 11 is 3.26. The van der Waals surface area contributed by atoms with E-state index in [0.29, 0.717) is 19.0 Å². The average molecular weight is 330 g/mol. The van der Waals surface area contributed by atoms with Crippen molar-refractivity contribution in [2.24, 2.45) is 12.0 Å². The van der Waals surface area contributed by atoms with Crippen LogP contribution in [0.4, 0.5) is 0 Å². The molecule has 1 aromatic heterocycles.